The molecule has 7 nitrogen and oxygen atoms in total. The number of nitrogens with one attached hydrogen (secondary N) is 1. The molecule has 0 aliphatic rings. The van der Waals surface area contributed by atoms with Gasteiger partial charge in [-0.15, -0.1) is 0 Å². The minimum atomic E-state index is -4.44. The number of hydrogen-bond acceptors (Lipinski definition) is 5. The van der Waals surface area contributed by atoms with Crippen LogP contribution < -0.4 is 5.32 Å². The van der Waals surface area contributed by atoms with Crippen molar-refractivity contribution in [2.45, 2.75) is 173 Å². The van der Waals surface area contributed by atoms with Crippen molar-refractivity contribution in [1.29, 1.82) is 0 Å². The van der Waals surface area contributed by atoms with E-state index in [9.17, 15) is 28.0 Å². The monoisotopic (exact) mass is 627 g/mol. The SMILES string of the molecule is CCCCC/C=C/CC/C=C/C(O)C(CS(=O)(=O)O)NC(=O)C(O)CCCCCC/C=C\CCCCCCCCCCC. The molecule has 0 heterocycles. The second-order valence-corrected chi connectivity index (χ2v) is 13.4. The topological polar surface area (TPSA) is 124 Å². The van der Waals surface area contributed by atoms with E-state index < -0.39 is 40.0 Å². The molecule has 0 aromatic carbocycles. The summed E-state index contributed by atoms with van der Waals surface area (Å²) in [5.41, 5.74) is 0. The number of rotatable bonds is 30. The van der Waals surface area contributed by atoms with Crippen molar-refractivity contribution in [2.24, 2.45) is 0 Å². The zero-order chi connectivity index (χ0) is 32.0. The average Bonchev–Trinajstić information content (AvgIpc) is 2.96. The van der Waals surface area contributed by atoms with Gasteiger partial charge in [0.05, 0.1) is 17.9 Å². The number of aliphatic hydroxyl groups excluding tert-OH is 2. The summed E-state index contributed by atoms with van der Waals surface area (Å²) in [6, 6.07) is -1.25. The van der Waals surface area contributed by atoms with Crippen molar-refractivity contribution in [2.75, 3.05) is 5.75 Å². The summed E-state index contributed by atoms with van der Waals surface area (Å²) in [6.45, 7) is 4.42. The molecule has 3 unspecified atom stereocenters. The van der Waals surface area contributed by atoms with Crippen LogP contribution in [0.25, 0.3) is 0 Å². The molecule has 0 aliphatic carbocycles. The van der Waals surface area contributed by atoms with Gasteiger partial charge in [0.15, 0.2) is 0 Å². The summed E-state index contributed by atoms with van der Waals surface area (Å²) in [7, 11) is -4.44. The van der Waals surface area contributed by atoms with Gasteiger partial charge >= 0.3 is 0 Å². The van der Waals surface area contributed by atoms with E-state index in [-0.39, 0.29) is 6.42 Å². The fraction of sp³-hybridized carbons (Fsp3) is 0.800. The van der Waals surface area contributed by atoms with Crippen LogP contribution in [0.3, 0.4) is 0 Å². The Bertz CT molecular complexity index is 839. The predicted molar refractivity (Wildman–Crippen MR) is 181 cm³/mol. The second kappa shape index (κ2) is 29.2. The summed E-state index contributed by atoms with van der Waals surface area (Å²) < 4.78 is 32.2. The Morgan fingerprint density at radius 1 is 0.628 bits per heavy atom. The van der Waals surface area contributed by atoms with Crippen LogP contribution in [-0.4, -0.2) is 53.1 Å². The van der Waals surface area contributed by atoms with Crippen molar-refractivity contribution in [3.05, 3.63) is 36.5 Å². The highest BCUT2D eigenvalue weighted by atomic mass is 32.2. The van der Waals surface area contributed by atoms with E-state index >= 15 is 0 Å². The summed E-state index contributed by atoms with van der Waals surface area (Å²) in [4.78, 5) is 12.5. The fourth-order valence-electron chi connectivity index (χ4n) is 4.93. The van der Waals surface area contributed by atoms with Crippen molar-refractivity contribution < 1.29 is 28.0 Å². The normalized spacial score (nSPS) is 14.6. The number of aliphatic hydroxyl groups is 2. The van der Waals surface area contributed by atoms with Gasteiger partial charge in [-0.3, -0.25) is 9.35 Å². The van der Waals surface area contributed by atoms with Gasteiger partial charge in [0.1, 0.15) is 6.10 Å². The van der Waals surface area contributed by atoms with Crippen LogP contribution in [0.2, 0.25) is 0 Å². The molecule has 252 valence electrons. The Balaban J connectivity index is 4.13. The Hall–Kier alpha value is -1.48. The van der Waals surface area contributed by atoms with Crippen LogP contribution >= 0.6 is 0 Å². The summed E-state index contributed by atoms with van der Waals surface area (Å²) in [5.74, 6) is -1.57. The standard InChI is InChI=1S/C35H65NO6S/c1-3-5-7-9-11-13-14-15-16-17-18-19-20-22-24-26-28-30-34(38)35(39)36-32(31-43(40,41)42)33(37)29-27-25-23-21-12-10-8-6-4-2/h12,18-19,21,27,29,32-34,37-38H,3-11,13-17,20,22-26,28,30-31H2,1-2H3,(H,36,39)(H,40,41,42)/b19-18-,21-12+,29-27+. The van der Waals surface area contributed by atoms with E-state index in [0.717, 1.165) is 44.9 Å². The van der Waals surface area contributed by atoms with Gasteiger partial charge < -0.3 is 15.5 Å². The van der Waals surface area contributed by atoms with Gasteiger partial charge in [-0.2, -0.15) is 8.42 Å². The highest BCUT2D eigenvalue weighted by molar-refractivity contribution is 7.85. The van der Waals surface area contributed by atoms with Crippen LogP contribution in [0.15, 0.2) is 36.5 Å². The molecule has 0 aromatic heterocycles. The van der Waals surface area contributed by atoms with Crippen LogP contribution in [0.1, 0.15) is 155 Å². The maximum Gasteiger partial charge on any atom is 0.267 e. The third-order valence-corrected chi connectivity index (χ3v) is 8.43. The van der Waals surface area contributed by atoms with Crippen molar-refractivity contribution >= 4 is 16.0 Å². The quantitative estimate of drug-likeness (QED) is 0.0360. The first-order chi connectivity index (χ1) is 20.7. The first-order valence-electron chi connectivity index (χ1n) is 17.3. The van der Waals surface area contributed by atoms with E-state index in [1.165, 1.54) is 83.1 Å². The molecule has 1 amide bonds. The molecule has 0 saturated heterocycles. The van der Waals surface area contributed by atoms with Crippen LogP contribution in [-0.2, 0) is 14.9 Å². The Morgan fingerprint density at radius 2 is 1.05 bits per heavy atom. The molecular weight excluding hydrogens is 562 g/mol. The molecule has 0 spiro atoms. The first kappa shape index (κ1) is 41.5. The summed E-state index contributed by atoms with van der Waals surface area (Å²) >= 11 is 0. The summed E-state index contributed by atoms with van der Waals surface area (Å²) in [5, 5.41) is 23.1. The number of allylic oxidation sites excluding steroid dienone is 5. The molecule has 0 rings (SSSR count). The average molecular weight is 628 g/mol. The minimum Gasteiger partial charge on any atom is -0.387 e. The molecule has 3 atom stereocenters. The zero-order valence-corrected chi connectivity index (χ0v) is 28.3. The predicted octanol–water partition coefficient (Wildman–Crippen LogP) is 8.37. The third-order valence-electron chi connectivity index (χ3n) is 7.65. The zero-order valence-electron chi connectivity index (χ0n) is 27.4. The molecule has 0 fully saturated rings. The van der Waals surface area contributed by atoms with Gasteiger partial charge in [0.2, 0.25) is 5.91 Å². The largest absolute Gasteiger partial charge is 0.387 e. The molecule has 4 N–H and O–H groups in total. The Morgan fingerprint density at radius 3 is 1.58 bits per heavy atom. The maximum absolute atomic E-state index is 12.5. The van der Waals surface area contributed by atoms with E-state index in [4.69, 9.17) is 0 Å². The van der Waals surface area contributed by atoms with E-state index in [1.807, 2.05) is 0 Å². The molecule has 8 heteroatoms. The lowest BCUT2D eigenvalue weighted by Crippen LogP contribution is -2.50. The van der Waals surface area contributed by atoms with Crippen LogP contribution in [0.5, 0.6) is 0 Å². The lowest BCUT2D eigenvalue weighted by Gasteiger charge is -2.22. The second-order valence-electron chi connectivity index (χ2n) is 11.9. The third kappa shape index (κ3) is 29.0. The summed E-state index contributed by atoms with van der Waals surface area (Å²) in [6.07, 6.45) is 33.6. The molecule has 0 bridgehead atoms. The molecule has 0 aromatic rings. The number of amides is 1. The van der Waals surface area contributed by atoms with E-state index in [2.05, 4.69) is 43.5 Å². The number of unbranched alkanes of at least 4 members (excludes halogenated alkanes) is 17. The van der Waals surface area contributed by atoms with Gasteiger partial charge in [0.25, 0.3) is 10.1 Å². The van der Waals surface area contributed by atoms with Gasteiger partial charge in [-0.05, 0) is 57.8 Å². The minimum absolute atomic E-state index is 0.259. The van der Waals surface area contributed by atoms with Crippen LogP contribution in [0, 0.1) is 0 Å². The Labute approximate surface area is 264 Å². The highest BCUT2D eigenvalue weighted by Gasteiger charge is 2.27. The Kier molecular flexibility index (Phi) is 28.2. The van der Waals surface area contributed by atoms with Gasteiger partial charge in [-0.25, -0.2) is 0 Å². The first-order valence-corrected chi connectivity index (χ1v) is 18.9. The lowest BCUT2D eigenvalue weighted by molar-refractivity contribution is -0.130. The van der Waals surface area contributed by atoms with Crippen molar-refractivity contribution in [3.8, 4) is 0 Å². The highest BCUT2D eigenvalue weighted by Crippen LogP contribution is 2.12. The van der Waals surface area contributed by atoms with Gasteiger partial charge in [-0.1, -0.05) is 134 Å². The van der Waals surface area contributed by atoms with E-state index in [0.29, 0.717) is 12.8 Å². The van der Waals surface area contributed by atoms with Crippen molar-refractivity contribution in [1.82, 2.24) is 5.32 Å². The molecular formula is C35H65NO6S. The van der Waals surface area contributed by atoms with Gasteiger partial charge in [0, 0.05) is 0 Å². The smallest absolute Gasteiger partial charge is 0.267 e. The molecule has 43 heavy (non-hydrogen) atoms. The molecule has 0 radical (unpaired) electrons. The van der Waals surface area contributed by atoms with Crippen molar-refractivity contribution in [3.63, 3.8) is 0 Å². The number of carbonyl (C=O) groups excluding carboxylic acids is 1. The molecule has 0 saturated carbocycles. The van der Waals surface area contributed by atoms with Crippen LogP contribution in [0.4, 0.5) is 0 Å². The molecule has 0 aliphatic heterocycles. The lowest BCUT2D eigenvalue weighted by atomic mass is 10.1. The fourth-order valence-corrected chi connectivity index (χ4v) is 5.67. The number of carbonyl (C=O) groups is 1. The van der Waals surface area contributed by atoms with E-state index in [1.54, 1.807) is 6.08 Å². The maximum atomic E-state index is 12.5. The number of hydrogen-bond donors (Lipinski definition) is 4.